The fourth-order valence-electron chi connectivity index (χ4n) is 11.0. The van der Waals surface area contributed by atoms with E-state index in [0.717, 1.165) is 44.9 Å². The zero-order chi connectivity index (χ0) is 37.5. The maximum absolute atomic E-state index is 2.71. The number of fused-ring (bicyclic) bond motifs is 9. The average Bonchev–Trinajstić information content (AvgIpc) is 3.92. The van der Waals surface area contributed by atoms with Crippen LogP contribution in [0.2, 0.25) is 0 Å². The average molecular weight is 736 g/mol. The Kier molecular flexibility index (Phi) is 7.58. The van der Waals surface area contributed by atoms with Crippen molar-refractivity contribution in [1.29, 1.82) is 0 Å². The van der Waals surface area contributed by atoms with Gasteiger partial charge in [0.1, 0.15) is 0 Å². The summed E-state index contributed by atoms with van der Waals surface area (Å²) in [4.78, 5) is 2.71. The minimum Gasteiger partial charge on any atom is -0.341 e. The van der Waals surface area contributed by atoms with E-state index in [-0.39, 0.29) is 0 Å². The Bertz CT molecular complexity index is 2970. The summed E-state index contributed by atoms with van der Waals surface area (Å²) in [7, 11) is 0. The van der Waals surface area contributed by atoms with Crippen molar-refractivity contribution < 1.29 is 0 Å². The SMILES string of the molecule is C1=CCCC(C2=CC=C(N3c4ccccc4C4CC(c5ccc6c(c5)c5ccccc5n6-c5cccc6c5c5c(n6-c6ccccc6)C=CCC5)=CCC43)CC2)=C1. The Morgan fingerprint density at radius 3 is 2.26 bits per heavy atom. The third kappa shape index (κ3) is 5.11. The van der Waals surface area contributed by atoms with Gasteiger partial charge in [0, 0.05) is 50.9 Å². The maximum atomic E-state index is 2.71. The van der Waals surface area contributed by atoms with Crippen LogP contribution in [-0.2, 0) is 6.42 Å². The summed E-state index contributed by atoms with van der Waals surface area (Å²) in [6.07, 6.45) is 27.7. The zero-order valence-electron chi connectivity index (χ0n) is 32.2. The van der Waals surface area contributed by atoms with E-state index in [1.807, 2.05) is 0 Å². The standard InChI is InChI=1S/C54H45N3/c1-3-14-36(15-4-1)37-26-30-41(31-27-37)55-47-21-10-7-18-42(47)45-34-38(28-32-50(45)55)39-29-33-51-46(35-39)43-19-8-11-22-48(43)57(51)53-25-13-24-52-54(53)44-20-9-12-23-49(44)56(52)40-16-5-2-6-17-40/h1-3,5-8,10-14,16-19,21-26,28-30,33,35,45,50H,4,9,15,20,27,31-32,34H2. The molecule has 0 N–H and O–H groups in total. The number of allylic oxidation sites excluding steroid dienone is 10. The number of anilines is 1. The largest absolute Gasteiger partial charge is 0.341 e. The maximum Gasteiger partial charge on any atom is 0.0559 e. The quantitative estimate of drug-likeness (QED) is 0.172. The molecule has 1 aliphatic heterocycles. The Labute approximate surface area is 334 Å². The second-order valence-corrected chi connectivity index (χ2v) is 16.5. The van der Waals surface area contributed by atoms with Gasteiger partial charge in [0.05, 0.1) is 22.2 Å². The van der Waals surface area contributed by atoms with Gasteiger partial charge in [0.15, 0.2) is 0 Å². The first-order chi connectivity index (χ1) is 28.3. The zero-order valence-corrected chi connectivity index (χ0v) is 32.2. The van der Waals surface area contributed by atoms with Crippen LogP contribution < -0.4 is 4.90 Å². The first kappa shape index (κ1) is 32.9. The molecule has 0 saturated heterocycles. The van der Waals surface area contributed by atoms with E-state index in [9.17, 15) is 0 Å². The van der Waals surface area contributed by atoms with Crippen molar-refractivity contribution in [3.05, 3.63) is 197 Å². The third-order valence-corrected chi connectivity index (χ3v) is 13.5. The number of aryl methyl sites for hydroxylation is 1. The van der Waals surface area contributed by atoms with Gasteiger partial charge in [0.25, 0.3) is 0 Å². The Morgan fingerprint density at radius 1 is 0.561 bits per heavy atom. The number of nitrogens with zero attached hydrogens (tertiary/aromatic N) is 3. The predicted molar refractivity (Wildman–Crippen MR) is 239 cm³/mol. The molecule has 57 heavy (non-hydrogen) atoms. The van der Waals surface area contributed by atoms with Gasteiger partial charge in [-0.25, -0.2) is 0 Å². The lowest BCUT2D eigenvalue weighted by molar-refractivity contribution is 0.536. The van der Waals surface area contributed by atoms with Crippen LogP contribution in [0.4, 0.5) is 5.69 Å². The number of hydrogen-bond donors (Lipinski definition) is 0. The van der Waals surface area contributed by atoms with Gasteiger partial charge in [-0.15, -0.1) is 0 Å². The molecule has 2 aromatic heterocycles. The lowest BCUT2D eigenvalue weighted by Crippen LogP contribution is -2.35. The summed E-state index contributed by atoms with van der Waals surface area (Å²) < 4.78 is 5.01. The third-order valence-electron chi connectivity index (χ3n) is 13.5. The highest BCUT2D eigenvalue weighted by Gasteiger charge is 2.41. The molecule has 12 rings (SSSR count). The monoisotopic (exact) mass is 735 g/mol. The lowest BCUT2D eigenvalue weighted by atomic mass is 9.80. The van der Waals surface area contributed by atoms with Crippen molar-refractivity contribution in [3.8, 4) is 11.4 Å². The van der Waals surface area contributed by atoms with Crippen LogP contribution in [0.1, 0.15) is 73.2 Å². The molecule has 3 heteroatoms. The Hall–Kier alpha value is -6.32. The van der Waals surface area contributed by atoms with Crippen LogP contribution in [0.5, 0.6) is 0 Å². The van der Waals surface area contributed by atoms with Gasteiger partial charge in [-0.05, 0) is 145 Å². The van der Waals surface area contributed by atoms with Gasteiger partial charge in [0.2, 0.25) is 0 Å². The van der Waals surface area contributed by atoms with Crippen molar-refractivity contribution in [2.75, 3.05) is 4.90 Å². The molecule has 0 saturated carbocycles. The van der Waals surface area contributed by atoms with Crippen molar-refractivity contribution in [3.63, 3.8) is 0 Å². The fourth-order valence-corrected chi connectivity index (χ4v) is 11.0. The van der Waals surface area contributed by atoms with Gasteiger partial charge in [-0.3, -0.25) is 0 Å². The molecule has 3 nitrogen and oxygen atoms in total. The van der Waals surface area contributed by atoms with Gasteiger partial charge in [-0.2, -0.15) is 0 Å². The number of benzene rings is 5. The molecule has 2 atom stereocenters. The second-order valence-electron chi connectivity index (χ2n) is 16.5. The highest BCUT2D eigenvalue weighted by Crippen LogP contribution is 2.52. The van der Waals surface area contributed by atoms with Crippen molar-refractivity contribution in [2.45, 2.75) is 63.3 Å². The van der Waals surface area contributed by atoms with Crippen molar-refractivity contribution in [2.24, 2.45) is 0 Å². The molecule has 7 aromatic rings. The molecule has 2 unspecified atom stereocenters. The Morgan fingerprint density at radius 2 is 1.37 bits per heavy atom. The van der Waals surface area contributed by atoms with Crippen LogP contribution in [0.15, 0.2) is 175 Å². The molecule has 4 aliphatic carbocycles. The first-order valence-electron chi connectivity index (χ1n) is 21.1. The molecule has 5 aliphatic rings. The van der Waals surface area contributed by atoms with Gasteiger partial charge < -0.3 is 14.0 Å². The molecule has 0 bridgehead atoms. The van der Waals surface area contributed by atoms with Crippen molar-refractivity contribution in [1.82, 2.24) is 9.13 Å². The van der Waals surface area contributed by atoms with E-state index in [4.69, 9.17) is 0 Å². The van der Waals surface area contributed by atoms with Crippen LogP contribution in [0.25, 0.3) is 55.7 Å². The minimum atomic E-state index is 0.458. The Balaban J connectivity index is 0.947. The molecule has 5 aromatic carbocycles. The van der Waals surface area contributed by atoms with Crippen LogP contribution in [0.3, 0.4) is 0 Å². The highest BCUT2D eigenvalue weighted by atomic mass is 15.2. The second kappa shape index (κ2) is 13.1. The minimum absolute atomic E-state index is 0.458. The lowest BCUT2D eigenvalue weighted by Gasteiger charge is -2.36. The van der Waals surface area contributed by atoms with E-state index in [1.165, 1.54) is 101 Å². The summed E-state index contributed by atoms with van der Waals surface area (Å²) >= 11 is 0. The van der Waals surface area contributed by atoms with E-state index in [2.05, 4.69) is 178 Å². The summed E-state index contributed by atoms with van der Waals surface area (Å²) in [6.45, 7) is 0. The van der Waals surface area contributed by atoms with Crippen LogP contribution in [-0.4, -0.2) is 15.2 Å². The number of aromatic nitrogens is 2. The highest BCUT2D eigenvalue weighted by molar-refractivity contribution is 6.12. The fraction of sp³-hybridized carbons (Fsp3) is 0.185. The van der Waals surface area contributed by atoms with Gasteiger partial charge in [-0.1, -0.05) is 103 Å². The first-order valence-corrected chi connectivity index (χ1v) is 21.1. The van der Waals surface area contributed by atoms with E-state index >= 15 is 0 Å². The number of rotatable bonds is 5. The smallest absolute Gasteiger partial charge is 0.0559 e. The molecule has 276 valence electrons. The predicted octanol–water partition coefficient (Wildman–Crippen LogP) is 13.7. The normalized spacial score (nSPS) is 20.0. The summed E-state index contributed by atoms with van der Waals surface area (Å²) in [5, 5.41) is 4.00. The molecule has 3 heterocycles. The van der Waals surface area contributed by atoms with Crippen molar-refractivity contribution >= 4 is 50.0 Å². The van der Waals surface area contributed by atoms with E-state index in [1.54, 1.807) is 0 Å². The molecular weight excluding hydrogens is 691 g/mol. The van der Waals surface area contributed by atoms with E-state index in [0.29, 0.717) is 12.0 Å². The number of hydrogen-bond acceptors (Lipinski definition) is 1. The topological polar surface area (TPSA) is 13.1 Å². The van der Waals surface area contributed by atoms with Crippen LogP contribution >= 0.6 is 0 Å². The number of para-hydroxylation sites is 3. The summed E-state index contributed by atoms with van der Waals surface area (Å²) in [6, 6.07) is 43.8. The molecule has 0 amide bonds. The van der Waals surface area contributed by atoms with Gasteiger partial charge >= 0.3 is 0 Å². The summed E-state index contributed by atoms with van der Waals surface area (Å²) in [5.74, 6) is 0.474. The molecule has 0 spiro atoms. The van der Waals surface area contributed by atoms with Crippen LogP contribution in [0, 0.1) is 0 Å². The molecule has 0 radical (unpaired) electrons. The summed E-state index contributed by atoms with van der Waals surface area (Å²) in [5.41, 5.74) is 19.3. The molecular formula is C54H45N3. The van der Waals surface area contributed by atoms with E-state index < -0.39 is 0 Å². The molecule has 0 fully saturated rings.